The van der Waals surface area contributed by atoms with E-state index in [9.17, 15) is 15.0 Å². The average Bonchev–Trinajstić information content (AvgIpc) is 2.54. The average molecular weight is 342 g/mol. The minimum absolute atomic E-state index is 0.166. The number of hydrogen-bond acceptors (Lipinski definition) is 4. The molecule has 25 heavy (non-hydrogen) atoms. The van der Waals surface area contributed by atoms with Gasteiger partial charge in [-0.2, -0.15) is 0 Å². The fraction of sp³-hybridized carbons (Fsp3) is 0.286. The smallest absolute Gasteiger partial charge is 0.331 e. The van der Waals surface area contributed by atoms with Crippen LogP contribution in [0.4, 0.5) is 0 Å². The lowest BCUT2D eigenvalue weighted by molar-refractivity contribution is -0.136. The van der Waals surface area contributed by atoms with Crippen LogP contribution in [-0.4, -0.2) is 22.8 Å². The molecule has 0 saturated heterocycles. The molecule has 134 valence electrons. The van der Waals surface area contributed by atoms with Crippen molar-refractivity contribution in [2.45, 2.75) is 33.6 Å². The van der Waals surface area contributed by atoms with Gasteiger partial charge < -0.3 is 14.9 Å². The van der Waals surface area contributed by atoms with E-state index in [0.717, 1.165) is 12.8 Å². The Hall–Kier alpha value is -2.75. The lowest BCUT2D eigenvalue weighted by Gasteiger charge is -2.00. The van der Waals surface area contributed by atoms with Gasteiger partial charge in [0, 0.05) is 6.08 Å². The Kier molecular flexibility index (Phi) is 8.86. The van der Waals surface area contributed by atoms with E-state index in [1.54, 1.807) is 24.3 Å². The quantitative estimate of drug-likeness (QED) is 0.232. The van der Waals surface area contributed by atoms with Crippen LogP contribution in [0.5, 0.6) is 11.5 Å². The molecule has 1 rings (SSSR count). The molecule has 4 nitrogen and oxygen atoms in total. The normalized spacial score (nSPS) is 11.9. The summed E-state index contributed by atoms with van der Waals surface area (Å²) < 4.78 is 5.10. The molecule has 0 aliphatic carbocycles. The summed E-state index contributed by atoms with van der Waals surface area (Å²) in [7, 11) is 0. The summed E-state index contributed by atoms with van der Waals surface area (Å²) in [4.78, 5) is 11.6. The first-order chi connectivity index (χ1) is 11.9. The van der Waals surface area contributed by atoms with Gasteiger partial charge in [-0.05, 0) is 57.4 Å². The molecule has 0 fully saturated rings. The van der Waals surface area contributed by atoms with Gasteiger partial charge in [0.05, 0.1) is 0 Å². The third kappa shape index (κ3) is 9.20. The minimum atomic E-state index is -0.411. The maximum atomic E-state index is 11.6. The summed E-state index contributed by atoms with van der Waals surface area (Å²) in [6, 6.07) is 4.49. The van der Waals surface area contributed by atoms with Gasteiger partial charge in [0.2, 0.25) is 0 Å². The van der Waals surface area contributed by atoms with Crippen molar-refractivity contribution in [3.63, 3.8) is 0 Å². The van der Waals surface area contributed by atoms with Crippen molar-refractivity contribution in [1.29, 1.82) is 0 Å². The molecule has 0 bridgehead atoms. The van der Waals surface area contributed by atoms with Gasteiger partial charge in [-0.25, -0.2) is 4.79 Å². The van der Waals surface area contributed by atoms with Crippen molar-refractivity contribution in [1.82, 2.24) is 0 Å². The molecule has 0 atom stereocenters. The van der Waals surface area contributed by atoms with Gasteiger partial charge in [-0.1, -0.05) is 41.5 Å². The highest BCUT2D eigenvalue weighted by atomic mass is 16.5. The fourth-order valence-electron chi connectivity index (χ4n) is 1.95. The number of carbonyl (C=O) groups excluding carboxylic acids is 1. The number of esters is 1. The third-order valence-corrected chi connectivity index (χ3v) is 3.38. The summed E-state index contributed by atoms with van der Waals surface area (Å²) in [5.74, 6) is -0.760. The number of allylic oxidation sites excluding steroid dienone is 5. The Labute approximate surface area is 149 Å². The standard InChI is InChI=1S/C21H26O4/c1-16(2)7-6-8-17(3)13-14-25-21(24)10-5-4-9-18-11-12-19(22)20(23)15-18/h4-5,7,9-13,15,22-23H,6,8,14H2,1-3H3/b9-4+,10-5+,17-13+. The van der Waals surface area contributed by atoms with E-state index in [-0.39, 0.29) is 18.1 Å². The second kappa shape index (κ2) is 10.9. The summed E-state index contributed by atoms with van der Waals surface area (Å²) in [6.45, 7) is 6.44. The first kappa shape index (κ1) is 20.3. The topological polar surface area (TPSA) is 66.8 Å². The van der Waals surface area contributed by atoms with Crippen molar-refractivity contribution in [3.05, 3.63) is 65.3 Å². The van der Waals surface area contributed by atoms with Gasteiger partial charge in [0.1, 0.15) is 6.61 Å². The lowest BCUT2D eigenvalue weighted by Crippen LogP contribution is -2.00. The predicted octanol–water partition coefficient (Wildman–Crippen LogP) is 4.90. The van der Waals surface area contributed by atoms with E-state index in [1.807, 2.05) is 13.0 Å². The SMILES string of the molecule is CC(C)=CCC/C(C)=C/COC(=O)/C=C/C=C/c1ccc(O)c(O)c1. The van der Waals surface area contributed by atoms with Crippen LogP contribution in [0.25, 0.3) is 6.08 Å². The van der Waals surface area contributed by atoms with Crippen molar-refractivity contribution >= 4 is 12.0 Å². The fourth-order valence-corrected chi connectivity index (χ4v) is 1.95. The third-order valence-electron chi connectivity index (χ3n) is 3.38. The highest BCUT2D eigenvalue weighted by molar-refractivity contribution is 5.82. The predicted molar refractivity (Wildman–Crippen MR) is 101 cm³/mol. The van der Waals surface area contributed by atoms with Crippen LogP contribution in [0.2, 0.25) is 0 Å². The van der Waals surface area contributed by atoms with Crippen LogP contribution in [-0.2, 0) is 9.53 Å². The van der Waals surface area contributed by atoms with Crippen LogP contribution < -0.4 is 0 Å². The maximum Gasteiger partial charge on any atom is 0.331 e. The van der Waals surface area contributed by atoms with E-state index in [0.29, 0.717) is 5.56 Å². The summed E-state index contributed by atoms with van der Waals surface area (Å²) in [5, 5.41) is 18.6. The van der Waals surface area contributed by atoms with Crippen molar-refractivity contribution < 1.29 is 19.7 Å². The summed E-state index contributed by atoms with van der Waals surface area (Å²) in [6.07, 6.45) is 12.3. The first-order valence-electron chi connectivity index (χ1n) is 8.21. The molecular formula is C21H26O4. The second-order valence-electron chi connectivity index (χ2n) is 5.97. The Morgan fingerprint density at radius 3 is 2.52 bits per heavy atom. The van der Waals surface area contributed by atoms with Gasteiger partial charge in [-0.15, -0.1) is 0 Å². The number of aromatic hydroxyl groups is 2. The molecule has 0 spiro atoms. The molecule has 1 aromatic carbocycles. The number of rotatable bonds is 8. The Morgan fingerprint density at radius 2 is 1.84 bits per heavy atom. The first-order valence-corrected chi connectivity index (χ1v) is 8.21. The van der Waals surface area contributed by atoms with Crippen LogP contribution in [0.15, 0.2) is 59.7 Å². The number of hydrogen-bond donors (Lipinski definition) is 2. The summed E-state index contributed by atoms with van der Waals surface area (Å²) in [5.41, 5.74) is 3.21. The van der Waals surface area contributed by atoms with E-state index >= 15 is 0 Å². The highest BCUT2D eigenvalue weighted by Crippen LogP contribution is 2.25. The van der Waals surface area contributed by atoms with E-state index in [2.05, 4.69) is 19.9 Å². The van der Waals surface area contributed by atoms with Gasteiger partial charge in [0.15, 0.2) is 11.5 Å². The van der Waals surface area contributed by atoms with Crippen LogP contribution in [0.3, 0.4) is 0 Å². The molecule has 0 aromatic heterocycles. The van der Waals surface area contributed by atoms with Crippen molar-refractivity contribution in [2.75, 3.05) is 6.61 Å². The molecule has 2 N–H and O–H groups in total. The van der Waals surface area contributed by atoms with Crippen molar-refractivity contribution in [3.8, 4) is 11.5 Å². The largest absolute Gasteiger partial charge is 0.504 e. The molecule has 0 saturated carbocycles. The molecule has 0 amide bonds. The zero-order valence-corrected chi connectivity index (χ0v) is 15.0. The molecule has 4 heteroatoms. The van der Waals surface area contributed by atoms with Crippen molar-refractivity contribution in [2.24, 2.45) is 0 Å². The van der Waals surface area contributed by atoms with Crippen LogP contribution in [0.1, 0.15) is 39.2 Å². The Balaban J connectivity index is 2.35. The molecule has 0 radical (unpaired) electrons. The second-order valence-corrected chi connectivity index (χ2v) is 5.97. The van der Waals surface area contributed by atoms with Gasteiger partial charge in [0.25, 0.3) is 0 Å². The van der Waals surface area contributed by atoms with Gasteiger partial charge in [-0.3, -0.25) is 0 Å². The number of ether oxygens (including phenoxy) is 1. The van der Waals surface area contributed by atoms with E-state index in [4.69, 9.17) is 4.74 Å². The van der Waals surface area contributed by atoms with Gasteiger partial charge >= 0.3 is 5.97 Å². The zero-order chi connectivity index (χ0) is 18.7. The van der Waals surface area contributed by atoms with Crippen LogP contribution >= 0.6 is 0 Å². The van der Waals surface area contributed by atoms with E-state index < -0.39 is 5.97 Å². The molecule has 0 unspecified atom stereocenters. The minimum Gasteiger partial charge on any atom is -0.504 e. The summed E-state index contributed by atoms with van der Waals surface area (Å²) >= 11 is 0. The zero-order valence-electron chi connectivity index (χ0n) is 15.0. The van der Waals surface area contributed by atoms with Crippen LogP contribution in [0, 0.1) is 0 Å². The Bertz CT molecular complexity index is 690. The highest BCUT2D eigenvalue weighted by Gasteiger charge is 1.97. The number of benzene rings is 1. The number of phenols is 2. The molecule has 0 aliphatic heterocycles. The monoisotopic (exact) mass is 342 g/mol. The van der Waals surface area contributed by atoms with E-state index in [1.165, 1.54) is 29.4 Å². The molecular weight excluding hydrogens is 316 g/mol. The Morgan fingerprint density at radius 1 is 1.08 bits per heavy atom. The molecule has 1 aromatic rings. The number of phenolic OH excluding ortho intramolecular Hbond substituents is 2. The molecule has 0 aliphatic rings. The molecule has 0 heterocycles. The lowest BCUT2D eigenvalue weighted by atomic mass is 10.1. The number of carbonyl (C=O) groups is 1. The maximum absolute atomic E-state index is 11.6.